The number of pyridine rings is 1. The second-order valence-electron chi connectivity index (χ2n) is 6.37. The summed E-state index contributed by atoms with van der Waals surface area (Å²) in [7, 11) is 0. The van der Waals surface area contributed by atoms with Gasteiger partial charge in [0.25, 0.3) is 11.6 Å². The van der Waals surface area contributed by atoms with Crippen LogP contribution in [0, 0.1) is 30.9 Å². The molecule has 7 nitrogen and oxygen atoms in total. The molecular weight excluding hydrogens is 378 g/mol. The molecule has 8 heteroatoms. The van der Waals surface area contributed by atoms with Crippen LogP contribution >= 0.6 is 11.3 Å². The lowest BCUT2D eigenvalue weighted by molar-refractivity contribution is -0.385. The third-order valence-electron chi connectivity index (χ3n) is 4.12. The van der Waals surface area contributed by atoms with Crippen molar-refractivity contribution in [2.75, 3.05) is 0 Å². The van der Waals surface area contributed by atoms with Crippen LogP contribution < -0.4 is 10.1 Å². The fraction of sp³-hybridized carbons (Fsp3) is 0.200. The standard InChI is InChI=1S/C20H19N3O4S/c1-12-4-5-13(2)17(8-12)27-19-7-6-15(10-21-19)11-22-20(24)18-9-16(23(25)26)14(3)28-18/h4-10H,11H2,1-3H3,(H,22,24). The molecule has 0 aliphatic rings. The van der Waals surface area contributed by atoms with E-state index in [2.05, 4.69) is 10.3 Å². The van der Waals surface area contributed by atoms with Crippen molar-refractivity contribution in [2.24, 2.45) is 0 Å². The molecule has 1 amide bonds. The Balaban J connectivity index is 1.61. The van der Waals surface area contributed by atoms with E-state index in [4.69, 9.17) is 4.74 Å². The summed E-state index contributed by atoms with van der Waals surface area (Å²) in [5.74, 6) is 0.869. The molecule has 2 aromatic heterocycles. The Bertz CT molecular complexity index is 1030. The highest BCUT2D eigenvalue weighted by atomic mass is 32.1. The smallest absolute Gasteiger partial charge is 0.283 e. The Hall–Kier alpha value is -3.26. The predicted molar refractivity (Wildman–Crippen MR) is 107 cm³/mol. The summed E-state index contributed by atoms with van der Waals surface area (Å²) < 4.78 is 5.82. The van der Waals surface area contributed by atoms with Crippen LogP contribution in [0.4, 0.5) is 5.69 Å². The van der Waals surface area contributed by atoms with Crippen molar-refractivity contribution in [2.45, 2.75) is 27.3 Å². The summed E-state index contributed by atoms with van der Waals surface area (Å²) in [5, 5.41) is 13.6. The molecule has 3 aromatic rings. The first-order chi connectivity index (χ1) is 13.3. The number of nitro groups is 1. The number of nitrogens with one attached hydrogen (secondary N) is 1. The maximum absolute atomic E-state index is 12.2. The second kappa shape index (κ2) is 8.18. The van der Waals surface area contributed by atoms with Crippen LogP contribution in [0.15, 0.2) is 42.6 Å². The lowest BCUT2D eigenvalue weighted by Gasteiger charge is -2.09. The fourth-order valence-electron chi connectivity index (χ4n) is 2.54. The Morgan fingerprint density at radius 2 is 2.00 bits per heavy atom. The van der Waals surface area contributed by atoms with Crippen molar-refractivity contribution in [1.82, 2.24) is 10.3 Å². The Morgan fingerprint density at radius 3 is 2.64 bits per heavy atom. The SMILES string of the molecule is Cc1ccc(C)c(Oc2ccc(CNC(=O)c3cc([N+](=O)[O-])c(C)s3)cn2)c1. The number of benzene rings is 1. The van der Waals surface area contributed by atoms with E-state index in [1.165, 1.54) is 6.07 Å². The number of ether oxygens (including phenoxy) is 1. The van der Waals surface area contributed by atoms with Gasteiger partial charge in [-0.15, -0.1) is 11.3 Å². The summed E-state index contributed by atoms with van der Waals surface area (Å²) in [6.45, 7) is 5.85. The van der Waals surface area contributed by atoms with Crippen molar-refractivity contribution in [1.29, 1.82) is 0 Å². The number of nitrogens with zero attached hydrogens (tertiary/aromatic N) is 2. The van der Waals surface area contributed by atoms with Crippen LogP contribution in [-0.4, -0.2) is 15.8 Å². The van der Waals surface area contributed by atoms with Crippen LogP contribution in [0.5, 0.6) is 11.6 Å². The number of amides is 1. The predicted octanol–water partition coefficient (Wildman–Crippen LogP) is 4.70. The molecule has 0 unspecified atom stereocenters. The number of aryl methyl sites for hydroxylation is 3. The molecular formula is C20H19N3O4S. The molecule has 0 aliphatic carbocycles. The van der Waals surface area contributed by atoms with E-state index in [1.54, 1.807) is 19.2 Å². The highest BCUT2D eigenvalue weighted by Gasteiger charge is 2.19. The van der Waals surface area contributed by atoms with Gasteiger partial charge < -0.3 is 10.1 Å². The molecule has 144 valence electrons. The van der Waals surface area contributed by atoms with Crippen LogP contribution in [-0.2, 0) is 6.54 Å². The molecule has 0 bridgehead atoms. The zero-order valence-corrected chi connectivity index (χ0v) is 16.5. The summed E-state index contributed by atoms with van der Waals surface area (Å²) >= 11 is 1.10. The molecule has 0 radical (unpaired) electrons. The molecule has 0 aliphatic heterocycles. The highest BCUT2D eigenvalue weighted by Crippen LogP contribution is 2.28. The van der Waals surface area contributed by atoms with Crippen molar-refractivity contribution in [3.05, 3.63) is 79.2 Å². The van der Waals surface area contributed by atoms with Crippen molar-refractivity contribution >= 4 is 22.9 Å². The number of thiophene rings is 1. The maximum atomic E-state index is 12.2. The number of rotatable bonds is 6. The van der Waals surface area contributed by atoms with Gasteiger partial charge in [-0.25, -0.2) is 4.98 Å². The molecule has 0 spiro atoms. The minimum absolute atomic E-state index is 0.0373. The first-order valence-electron chi connectivity index (χ1n) is 8.56. The van der Waals surface area contributed by atoms with Crippen molar-refractivity contribution in [3.63, 3.8) is 0 Å². The van der Waals surface area contributed by atoms with E-state index in [-0.39, 0.29) is 18.1 Å². The van der Waals surface area contributed by atoms with E-state index in [0.29, 0.717) is 15.6 Å². The van der Waals surface area contributed by atoms with Gasteiger partial charge in [-0.3, -0.25) is 14.9 Å². The average molecular weight is 397 g/mol. The number of carbonyl (C=O) groups is 1. The Kier molecular flexibility index (Phi) is 5.70. The normalized spacial score (nSPS) is 10.5. The maximum Gasteiger partial charge on any atom is 0.283 e. The summed E-state index contributed by atoms with van der Waals surface area (Å²) in [4.78, 5) is 27.7. The molecule has 0 saturated carbocycles. The van der Waals surface area contributed by atoms with Crippen LogP contribution in [0.3, 0.4) is 0 Å². The van der Waals surface area contributed by atoms with Gasteiger partial charge in [0, 0.05) is 24.9 Å². The van der Waals surface area contributed by atoms with Gasteiger partial charge >= 0.3 is 0 Å². The third-order valence-corrected chi connectivity index (χ3v) is 5.16. The van der Waals surface area contributed by atoms with E-state index in [0.717, 1.165) is 33.8 Å². The van der Waals surface area contributed by atoms with Gasteiger partial charge in [-0.2, -0.15) is 0 Å². The molecule has 28 heavy (non-hydrogen) atoms. The lowest BCUT2D eigenvalue weighted by Crippen LogP contribution is -2.21. The topological polar surface area (TPSA) is 94.4 Å². The quantitative estimate of drug-likeness (QED) is 0.481. The number of hydrogen-bond acceptors (Lipinski definition) is 6. The van der Waals surface area contributed by atoms with Gasteiger partial charge in [0.1, 0.15) is 5.75 Å². The molecule has 2 heterocycles. The first kappa shape index (κ1) is 19.5. The molecule has 1 aromatic carbocycles. The van der Waals surface area contributed by atoms with Crippen LogP contribution in [0.1, 0.15) is 31.2 Å². The van der Waals surface area contributed by atoms with Gasteiger partial charge in [-0.1, -0.05) is 18.2 Å². The Labute approximate surface area is 166 Å². The van der Waals surface area contributed by atoms with Crippen molar-refractivity contribution in [3.8, 4) is 11.6 Å². The van der Waals surface area contributed by atoms with Crippen LogP contribution in [0.25, 0.3) is 0 Å². The summed E-state index contributed by atoms with van der Waals surface area (Å²) in [6.07, 6.45) is 1.63. The minimum Gasteiger partial charge on any atom is -0.439 e. The minimum atomic E-state index is -0.485. The van der Waals surface area contributed by atoms with E-state index < -0.39 is 4.92 Å². The summed E-state index contributed by atoms with van der Waals surface area (Å²) in [5.41, 5.74) is 2.88. The van der Waals surface area contributed by atoms with Gasteiger partial charge in [0.2, 0.25) is 5.88 Å². The van der Waals surface area contributed by atoms with Crippen molar-refractivity contribution < 1.29 is 14.5 Å². The van der Waals surface area contributed by atoms with Gasteiger partial charge in [-0.05, 0) is 43.5 Å². The number of hydrogen-bond donors (Lipinski definition) is 1. The number of carbonyl (C=O) groups excluding carboxylic acids is 1. The van der Waals surface area contributed by atoms with Gasteiger partial charge in [0.05, 0.1) is 14.7 Å². The summed E-state index contributed by atoms with van der Waals surface area (Å²) in [6, 6.07) is 10.8. The molecule has 0 saturated heterocycles. The lowest BCUT2D eigenvalue weighted by atomic mass is 10.1. The molecule has 1 N–H and O–H groups in total. The average Bonchev–Trinajstić information content (AvgIpc) is 3.06. The van der Waals surface area contributed by atoms with Crippen LogP contribution in [0.2, 0.25) is 0 Å². The highest BCUT2D eigenvalue weighted by molar-refractivity contribution is 7.14. The molecule has 0 atom stereocenters. The first-order valence-corrected chi connectivity index (χ1v) is 9.38. The third kappa shape index (κ3) is 4.52. The number of aromatic nitrogens is 1. The zero-order chi connectivity index (χ0) is 20.3. The van der Waals surface area contributed by atoms with Gasteiger partial charge in [0.15, 0.2) is 0 Å². The second-order valence-corrected chi connectivity index (χ2v) is 7.62. The molecule has 3 rings (SSSR count). The Morgan fingerprint density at radius 1 is 1.21 bits per heavy atom. The zero-order valence-electron chi connectivity index (χ0n) is 15.7. The van der Waals surface area contributed by atoms with E-state index >= 15 is 0 Å². The van der Waals surface area contributed by atoms with E-state index in [9.17, 15) is 14.9 Å². The largest absolute Gasteiger partial charge is 0.439 e. The van der Waals surface area contributed by atoms with E-state index in [1.807, 2.05) is 38.1 Å². The monoisotopic (exact) mass is 397 g/mol. The molecule has 0 fully saturated rings. The fourth-order valence-corrected chi connectivity index (χ4v) is 3.44.